The summed E-state index contributed by atoms with van der Waals surface area (Å²) < 4.78 is 5.45. The summed E-state index contributed by atoms with van der Waals surface area (Å²) in [6.07, 6.45) is 3.54. The first kappa shape index (κ1) is 21.3. The number of hydrogen-bond donors (Lipinski definition) is 2. The maximum absolute atomic E-state index is 13.1. The molecule has 1 aliphatic carbocycles. The van der Waals surface area contributed by atoms with Gasteiger partial charge in [0.25, 0.3) is 5.91 Å². The summed E-state index contributed by atoms with van der Waals surface area (Å²) in [7, 11) is 0. The van der Waals surface area contributed by atoms with Crippen LogP contribution >= 0.6 is 11.3 Å². The third-order valence-electron chi connectivity index (χ3n) is 6.65. The molecule has 3 fully saturated rings. The van der Waals surface area contributed by atoms with E-state index in [1.807, 2.05) is 18.4 Å². The minimum Gasteiger partial charge on any atom is -0.379 e. The number of hydrogen-bond acceptors (Lipinski definition) is 6. The molecule has 164 valence electrons. The number of rotatable bonds is 6. The minimum absolute atomic E-state index is 0.0608. The summed E-state index contributed by atoms with van der Waals surface area (Å²) in [6.45, 7) is 5.19. The van der Waals surface area contributed by atoms with Crippen molar-refractivity contribution in [3.05, 3.63) is 22.4 Å². The van der Waals surface area contributed by atoms with Gasteiger partial charge in [0.05, 0.1) is 19.3 Å². The first-order valence-corrected chi connectivity index (χ1v) is 11.7. The average molecular weight is 435 g/mol. The first-order chi connectivity index (χ1) is 14.5. The predicted molar refractivity (Wildman–Crippen MR) is 113 cm³/mol. The molecule has 9 heteroatoms. The topological polar surface area (TPSA) is 91.0 Å². The Hall–Kier alpha value is -1.97. The molecule has 0 bridgehead atoms. The van der Waals surface area contributed by atoms with E-state index < -0.39 is 11.6 Å². The Morgan fingerprint density at radius 2 is 2.17 bits per heavy atom. The van der Waals surface area contributed by atoms with Crippen LogP contribution in [0.4, 0.5) is 4.79 Å². The van der Waals surface area contributed by atoms with Crippen molar-refractivity contribution in [2.45, 2.75) is 44.2 Å². The fourth-order valence-corrected chi connectivity index (χ4v) is 5.69. The number of carbonyl (C=O) groups excluding carboxylic acids is 3. The number of nitrogens with one attached hydrogen (secondary N) is 2. The Kier molecular flexibility index (Phi) is 6.40. The Balaban J connectivity index is 1.38. The Bertz CT molecular complexity index is 780. The molecule has 1 aromatic heterocycles. The van der Waals surface area contributed by atoms with Gasteiger partial charge in [0.15, 0.2) is 0 Å². The second-order valence-corrected chi connectivity index (χ2v) is 9.40. The van der Waals surface area contributed by atoms with Crippen LogP contribution in [0.25, 0.3) is 0 Å². The van der Waals surface area contributed by atoms with Crippen molar-refractivity contribution in [3.8, 4) is 0 Å². The lowest BCUT2D eigenvalue weighted by Gasteiger charge is -2.36. The molecule has 8 nitrogen and oxygen atoms in total. The number of thiophene rings is 1. The molecule has 2 N–H and O–H groups in total. The summed E-state index contributed by atoms with van der Waals surface area (Å²) in [4.78, 5) is 42.8. The zero-order chi connectivity index (χ0) is 21.1. The van der Waals surface area contributed by atoms with Crippen LogP contribution in [0.5, 0.6) is 0 Å². The fraction of sp³-hybridized carbons (Fsp3) is 0.667. The van der Waals surface area contributed by atoms with Gasteiger partial charge in [0.1, 0.15) is 12.1 Å². The zero-order valence-corrected chi connectivity index (χ0v) is 18.2. The fourth-order valence-electron chi connectivity index (χ4n) is 4.83. The standard InChI is InChI=1S/C21H30N4O4S/c1-15-5-2-3-7-21(15)19(27)25(20(28)23-21)14-18(26)22-13-16(17-6-4-12-30-17)24-8-10-29-11-9-24/h4,6,12,15-16H,2-3,5,7-11,13-14H2,1H3,(H,22,26)(H,23,28)/t15-,16-,21-/m1/s1. The van der Waals surface area contributed by atoms with E-state index in [1.54, 1.807) is 11.3 Å². The van der Waals surface area contributed by atoms with E-state index in [0.29, 0.717) is 26.2 Å². The molecule has 4 amide bonds. The Morgan fingerprint density at radius 1 is 1.37 bits per heavy atom. The molecule has 0 unspecified atom stereocenters. The van der Waals surface area contributed by atoms with Crippen LogP contribution in [0, 0.1) is 5.92 Å². The summed E-state index contributed by atoms with van der Waals surface area (Å²) in [5, 5.41) is 7.88. The van der Waals surface area contributed by atoms with Crippen molar-refractivity contribution in [2.24, 2.45) is 5.92 Å². The molecule has 1 saturated carbocycles. The molecule has 30 heavy (non-hydrogen) atoms. The predicted octanol–water partition coefficient (Wildman–Crippen LogP) is 1.74. The second kappa shape index (κ2) is 9.03. The maximum Gasteiger partial charge on any atom is 0.325 e. The van der Waals surface area contributed by atoms with Gasteiger partial charge in [0.2, 0.25) is 5.91 Å². The summed E-state index contributed by atoms with van der Waals surface area (Å²) >= 11 is 1.66. The van der Waals surface area contributed by atoms with E-state index in [-0.39, 0.29) is 30.3 Å². The van der Waals surface area contributed by atoms with Crippen molar-refractivity contribution in [2.75, 3.05) is 39.4 Å². The Morgan fingerprint density at radius 3 is 2.87 bits per heavy atom. The van der Waals surface area contributed by atoms with Crippen molar-refractivity contribution in [1.82, 2.24) is 20.4 Å². The van der Waals surface area contributed by atoms with Gasteiger partial charge in [0, 0.05) is 24.5 Å². The number of carbonyl (C=O) groups is 3. The number of ether oxygens (including phenoxy) is 1. The van der Waals surface area contributed by atoms with Gasteiger partial charge in [-0.05, 0) is 30.2 Å². The van der Waals surface area contributed by atoms with Gasteiger partial charge >= 0.3 is 6.03 Å². The number of morpholine rings is 1. The number of urea groups is 1. The molecule has 1 aromatic rings. The largest absolute Gasteiger partial charge is 0.379 e. The molecule has 3 aliphatic rings. The molecule has 2 saturated heterocycles. The second-order valence-electron chi connectivity index (χ2n) is 8.42. The van der Waals surface area contributed by atoms with Gasteiger partial charge in [-0.15, -0.1) is 11.3 Å². The molecule has 1 spiro atoms. The van der Waals surface area contributed by atoms with E-state index in [0.717, 1.165) is 37.3 Å². The summed E-state index contributed by atoms with van der Waals surface area (Å²) in [6, 6.07) is 3.69. The third-order valence-corrected chi connectivity index (χ3v) is 7.63. The number of nitrogens with zero attached hydrogens (tertiary/aromatic N) is 2. The molecular weight excluding hydrogens is 404 g/mol. The van der Waals surface area contributed by atoms with Crippen LogP contribution in [0.3, 0.4) is 0 Å². The third kappa shape index (κ3) is 4.10. The van der Waals surface area contributed by atoms with Crippen LogP contribution in [0.15, 0.2) is 17.5 Å². The molecule has 3 heterocycles. The SMILES string of the molecule is C[C@@H]1CCCC[C@@]12NC(=O)N(CC(=O)NC[C@H](c1cccs1)N1CCOCC1)C2=O. The molecule has 0 radical (unpaired) electrons. The average Bonchev–Trinajstić information content (AvgIpc) is 3.35. The molecule has 2 aliphatic heterocycles. The molecule has 0 aromatic carbocycles. The lowest BCUT2D eigenvalue weighted by atomic mass is 9.73. The minimum atomic E-state index is -0.830. The van der Waals surface area contributed by atoms with E-state index in [4.69, 9.17) is 4.74 Å². The van der Waals surface area contributed by atoms with E-state index in [2.05, 4.69) is 21.6 Å². The van der Waals surface area contributed by atoms with Gasteiger partial charge < -0.3 is 15.4 Å². The van der Waals surface area contributed by atoms with Gasteiger partial charge in [-0.3, -0.25) is 19.4 Å². The summed E-state index contributed by atoms with van der Waals surface area (Å²) in [5.41, 5.74) is -0.830. The van der Waals surface area contributed by atoms with Gasteiger partial charge in [-0.2, -0.15) is 0 Å². The highest BCUT2D eigenvalue weighted by atomic mass is 32.1. The van der Waals surface area contributed by atoms with Gasteiger partial charge in [-0.25, -0.2) is 4.79 Å². The lowest BCUT2D eigenvalue weighted by molar-refractivity contribution is -0.137. The monoisotopic (exact) mass is 434 g/mol. The highest BCUT2D eigenvalue weighted by molar-refractivity contribution is 7.10. The highest BCUT2D eigenvalue weighted by Crippen LogP contribution is 2.38. The van der Waals surface area contributed by atoms with Crippen molar-refractivity contribution < 1.29 is 19.1 Å². The smallest absolute Gasteiger partial charge is 0.325 e. The van der Waals surface area contributed by atoms with Crippen LogP contribution in [-0.2, 0) is 14.3 Å². The molecule has 3 atom stereocenters. The van der Waals surface area contributed by atoms with Crippen molar-refractivity contribution in [3.63, 3.8) is 0 Å². The zero-order valence-electron chi connectivity index (χ0n) is 17.4. The van der Waals surface area contributed by atoms with E-state index >= 15 is 0 Å². The summed E-state index contributed by atoms with van der Waals surface area (Å²) in [5.74, 6) is -0.480. The van der Waals surface area contributed by atoms with E-state index in [9.17, 15) is 14.4 Å². The van der Waals surface area contributed by atoms with Crippen LogP contribution in [0.1, 0.15) is 43.5 Å². The highest BCUT2D eigenvalue weighted by Gasteiger charge is 2.55. The quantitative estimate of drug-likeness (QED) is 0.666. The maximum atomic E-state index is 13.1. The normalized spacial score (nSPS) is 28.6. The first-order valence-electron chi connectivity index (χ1n) is 10.8. The van der Waals surface area contributed by atoms with Crippen molar-refractivity contribution in [1.29, 1.82) is 0 Å². The van der Waals surface area contributed by atoms with Crippen LogP contribution in [0.2, 0.25) is 0 Å². The van der Waals surface area contributed by atoms with E-state index in [1.165, 1.54) is 4.88 Å². The van der Waals surface area contributed by atoms with Crippen LogP contribution < -0.4 is 10.6 Å². The Labute approximate surface area is 180 Å². The van der Waals surface area contributed by atoms with Gasteiger partial charge in [-0.1, -0.05) is 25.8 Å². The van der Waals surface area contributed by atoms with Crippen molar-refractivity contribution >= 4 is 29.2 Å². The van der Waals surface area contributed by atoms with Crippen LogP contribution in [-0.4, -0.2) is 72.6 Å². The number of imide groups is 1. The number of amides is 4. The lowest BCUT2D eigenvalue weighted by Crippen LogP contribution is -2.54. The molecule has 4 rings (SSSR count). The molecular formula is C21H30N4O4S.